The molecule has 0 amide bonds. The quantitative estimate of drug-likeness (QED) is 0.620. The van der Waals surface area contributed by atoms with Crippen LogP contribution in [0, 0.1) is 11.6 Å². The molecule has 2 aliphatic heterocycles. The first-order valence-corrected chi connectivity index (χ1v) is 10.3. The average Bonchev–Trinajstić information content (AvgIpc) is 3.43. The standard InChI is InChI=1S/C21H20ClF2N3O4/c1-28-16-8-29-19-17(9-30-18(16)19)31-21-26-15-7-11(22)14(25-20(15)27-21)6-5-10-12(23)3-2-4-13(10)24/h2-4,7,16-19H,5-6,8-9H2,1H3,(H,25,26,27)/t16-,17-,18-,19-/m1/s1. The van der Waals surface area contributed by atoms with Crippen LogP contribution in [-0.4, -0.2) is 59.7 Å². The highest BCUT2D eigenvalue weighted by Crippen LogP contribution is 2.31. The van der Waals surface area contributed by atoms with E-state index in [9.17, 15) is 8.78 Å². The molecular formula is C21H20ClF2N3O4. The van der Waals surface area contributed by atoms with Gasteiger partial charge in [0.25, 0.3) is 6.01 Å². The van der Waals surface area contributed by atoms with E-state index in [4.69, 9.17) is 30.5 Å². The topological polar surface area (TPSA) is 78.5 Å². The van der Waals surface area contributed by atoms with E-state index >= 15 is 0 Å². The van der Waals surface area contributed by atoms with Gasteiger partial charge < -0.3 is 23.9 Å². The number of nitrogens with zero attached hydrogens (tertiary/aromatic N) is 2. The average molecular weight is 452 g/mol. The van der Waals surface area contributed by atoms with Crippen LogP contribution >= 0.6 is 11.6 Å². The molecule has 0 radical (unpaired) electrons. The van der Waals surface area contributed by atoms with Crippen molar-refractivity contribution in [2.75, 3.05) is 20.3 Å². The lowest BCUT2D eigenvalue weighted by Gasteiger charge is -2.15. The summed E-state index contributed by atoms with van der Waals surface area (Å²) in [4.78, 5) is 11.9. The predicted molar refractivity (Wildman–Crippen MR) is 107 cm³/mol. The molecule has 0 aliphatic carbocycles. The SMILES string of the molecule is CO[C@@H]1CO[C@H]2[C@@H]1OC[C@H]2Oc1nc2nc(CCc3c(F)cccc3F)c(Cl)cc2[nH]1. The lowest BCUT2D eigenvalue weighted by Crippen LogP contribution is -2.35. The fourth-order valence-electron chi connectivity index (χ4n) is 4.05. The number of aryl methyl sites for hydroxylation is 1. The minimum Gasteiger partial charge on any atom is -0.456 e. The molecule has 164 valence electrons. The Morgan fingerprint density at radius 3 is 2.55 bits per heavy atom. The van der Waals surface area contributed by atoms with E-state index in [0.717, 1.165) is 0 Å². The van der Waals surface area contributed by atoms with Crippen molar-refractivity contribution in [1.82, 2.24) is 15.0 Å². The van der Waals surface area contributed by atoms with Crippen molar-refractivity contribution in [2.45, 2.75) is 37.3 Å². The number of H-pyrrole nitrogens is 1. The Bertz CT molecular complexity index is 1090. The number of fused-ring (bicyclic) bond motifs is 2. The Labute approximate surface area is 181 Å². The van der Waals surface area contributed by atoms with Crippen LogP contribution in [0.1, 0.15) is 11.3 Å². The van der Waals surface area contributed by atoms with Crippen molar-refractivity contribution >= 4 is 22.8 Å². The summed E-state index contributed by atoms with van der Waals surface area (Å²) in [5.41, 5.74) is 1.51. The third-order valence-corrected chi connectivity index (χ3v) is 6.01. The number of imidazole rings is 1. The largest absolute Gasteiger partial charge is 0.456 e. The fraction of sp³-hybridized carbons (Fsp3) is 0.429. The van der Waals surface area contributed by atoms with E-state index in [0.29, 0.717) is 35.1 Å². The van der Waals surface area contributed by atoms with Crippen LogP contribution in [0.5, 0.6) is 6.01 Å². The first kappa shape index (κ1) is 20.6. The summed E-state index contributed by atoms with van der Waals surface area (Å²) in [7, 11) is 1.63. The Kier molecular flexibility index (Phi) is 5.51. The van der Waals surface area contributed by atoms with E-state index in [1.54, 1.807) is 13.2 Å². The number of pyridine rings is 1. The molecule has 1 aromatic carbocycles. The van der Waals surface area contributed by atoms with E-state index in [2.05, 4.69) is 15.0 Å². The number of methoxy groups -OCH3 is 1. The van der Waals surface area contributed by atoms with Gasteiger partial charge in [-0.05, 0) is 31.0 Å². The first-order chi connectivity index (χ1) is 15.0. The monoisotopic (exact) mass is 451 g/mol. The normalized spacial score (nSPS) is 25.3. The molecule has 7 nitrogen and oxygen atoms in total. The first-order valence-electron chi connectivity index (χ1n) is 9.94. The Morgan fingerprint density at radius 1 is 1.10 bits per heavy atom. The molecule has 2 aliphatic rings. The molecule has 4 heterocycles. The molecule has 2 fully saturated rings. The number of hydrogen-bond donors (Lipinski definition) is 1. The predicted octanol–water partition coefficient (Wildman–Crippen LogP) is 3.23. The molecule has 0 spiro atoms. The van der Waals surface area contributed by atoms with Crippen LogP contribution in [-0.2, 0) is 27.1 Å². The van der Waals surface area contributed by atoms with Crippen molar-refractivity contribution in [1.29, 1.82) is 0 Å². The minimum atomic E-state index is -0.588. The van der Waals surface area contributed by atoms with Gasteiger partial charge >= 0.3 is 0 Å². The number of nitrogens with one attached hydrogen (secondary N) is 1. The smallest absolute Gasteiger partial charge is 0.296 e. The second-order valence-corrected chi connectivity index (χ2v) is 7.96. The summed E-state index contributed by atoms with van der Waals surface area (Å²) < 4.78 is 50.6. The van der Waals surface area contributed by atoms with Crippen LogP contribution in [0.25, 0.3) is 11.2 Å². The number of rotatable bonds is 6. The molecule has 0 bridgehead atoms. The van der Waals surface area contributed by atoms with E-state index < -0.39 is 11.6 Å². The van der Waals surface area contributed by atoms with Crippen LogP contribution < -0.4 is 4.74 Å². The Morgan fingerprint density at radius 2 is 1.81 bits per heavy atom. The van der Waals surface area contributed by atoms with Crippen LogP contribution in [0.3, 0.4) is 0 Å². The van der Waals surface area contributed by atoms with Gasteiger partial charge in [0.05, 0.1) is 29.4 Å². The molecule has 0 unspecified atom stereocenters. The zero-order chi connectivity index (χ0) is 21.5. The molecule has 0 saturated carbocycles. The van der Waals surface area contributed by atoms with Crippen molar-refractivity contribution in [2.24, 2.45) is 0 Å². The number of benzene rings is 1. The lowest BCUT2D eigenvalue weighted by atomic mass is 10.1. The van der Waals surface area contributed by atoms with Crippen molar-refractivity contribution < 1.29 is 27.7 Å². The zero-order valence-electron chi connectivity index (χ0n) is 16.6. The highest BCUT2D eigenvalue weighted by Gasteiger charge is 2.49. The molecule has 31 heavy (non-hydrogen) atoms. The summed E-state index contributed by atoms with van der Waals surface area (Å²) in [6, 6.07) is 5.75. The number of aromatic nitrogens is 3. The van der Waals surface area contributed by atoms with Gasteiger partial charge in [-0.25, -0.2) is 13.8 Å². The van der Waals surface area contributed by atoms with E-state index in [-0.39, 0.29) is 48.8 Å². The Balaban J connectivity index is 1.32. The van der Waals surface area contributed by atoms with Gasteiger partial charge in [0.1, 0.15) is 29.9 Å². The number of aromatic amines is 1. The van der Waals surface area contributed by atoms with E-state index in [1.807, 2.05) is 0 Å². The molecule has 3 aromatic rings. The van der Waals surface area contributed by atoms with Crippen molar-refractivity contribution in [3.8, 4) is 6.01 Å². The summed E-state index contributed by atoms with van der Waals surface area (Å²) in [6.45, 7) is 0.814. The van der Waals surface area contributed by atoms with Crippen molar-refractivity contribution in [3.63, 3.8) is 0 Å². The highest BCUT2D eigenvalue weighted by atomic mass is 35.5. The van der Waals surface area contributed by atoms with Crippen molar-refractivity contribution in [3.05, 3.63) is 52.2 Å². The Hall–Kier alpha value is -2.33. The summed E-state index contributed by atoms with van der Waals surface area (Å²) >= 11 is 6.34. The van der Waals surface area contributed by atoms with Gasteiger partial charge in [0.15, 0.2) is 11.8 Å². The minimum absolute atomic E-state index is 0.00762. The highest BCUT2D eigenvalue weighted by molar-refractivity contribution is 6.31. The van der Waals surface area contributed by atoms with Gasteiger partial charge in [-0.1, -0.05) is 17.7 Å². The molecule has 5 rings (SSSR count). The summed E-state index contributed by atoms with van der Waals surface area (Å²) in [5.74, 6) is -1.18. The maximum absolute atomic E-state index is 13.9. The zero-order valence-corrected chi connectivity index (χ0v) is 17.4. The summed E-state index contributed by atoms with van der Waals surface area (Å²) in [6.07, 6.45) is -0.452. The third-order valence-electron chi connectivity index (χ3n) is 5.68. The maximum atomic E-state index is 13.9. The number of hydrogen-bond acceptors (Lipinski definition) is 6. The molecule has 1 N–H and O–H groups in total. The molecule has 10 heteroatoms. The number of ether oxygens (including phenoxy) is 4. The lowest BCUT2D eigenvalue weighted by molar-refractivity contribution is -0.0145. The number of halogens is 3. The van der Waals surface area contributed by atoms with Gasteiger partial charge in [-0.2, -0.15) is 4.98 Å². The van der Waals surface area contributed by atoms with Crippen LogP contribution in [0.2, 0.25) is 5.02 Å². The van der Waals surface area contributed by atoms with Gasteiger partial charge in [-0.15, -0.1) is 0 Å². The maximum Gasteiger partial charge on any atom is 0.296 e. The second-order valence-electron chi connectivity index (χ2n) is 7.56. The third kappa shape index (κ3) is 3.87. The van der Waals surface area contributed by atoms with Crippen LogP contribution in [0.4, 0.5) is 8.78 Å². The van der Waals surface area contributed by atoms with Crippen LogP contribution in [0.15, 0.2) is 24.3 Å². The molecule has 2 saturated heterocycles. The van der Waals surface area contributed by atoms with Gasteiger partial charge in [-0.3, -0.25) is 0 Å². The summed E-state index contributed by atoms with van der Waals surface area (Å²) in [5, 5.41) is 0.380. The molecular weight excluding hydrogens is 432 g/mol. The van der Waals surface area contributed by atoms with E-state index in [1.165, 1.54) is 18.2 Å². The molecule has 4 atom stereocenters. The molecule has 2 aromatic heterocycles. The second kappa shape index (κ2) is 8.31. The van der Waals surface area contributed by atoms with Gasteiger partial charge in [0, 0.05) is 12.7 Å². The van der Waals surface area contributed by atoms with Gasteiger partial charge in [0.2, 0.25) is 0 Å². The fourth-order valence-corrected chi connectivity index (χ4v) is 4.30.